The molecule has 6 nitrogen and oxygen atoms in total. The van der Waals surface area contributed by atoms with E-state index in [9.17, 15) is 9.90 Å². The van der Waals surface area contributed by atoms with Crippen LogP contribution in [-0.2, 0) is 9.47 Å². The molecular formula is C12H23NO5. The lowest BCUT2D eigenvalue weighted by molar-refractivity contribution is -0.140. The Hall–Kier alpha value is -0.850. The van der Waals surface area contributed by atoms with Gasteiger partial charge in [0.1, 0.15) is 11.7 Å². The van der Waals surface area contributed by atoms with Gasteiger partial charge in [0.25, 0.3) is 0 Å². The Morgan fingerprint density at radius 1 is 1.50 bits per heavy atom. The molecule has 1 saturated heterocycles. The van der Waals surface area contributed by atoms with Crippen molar-refractivity contribution in [3.63, 3.8) is 0 Å². The van der Waals surface area contributed by atoms with Crippen molar-refractivity contribution in [2.24, 2.45) is 0 Å². The normalized spacial score (nSPS) is 33.0. The molecule has 0 bridgehead atoms. The van der Waals surface area contributed by atoms with E-state index >= 15 is 0 Å². The Morgan fingerprint density at radius 3 is 2.61 bits per heavy atom. The van der Waals surface area contributed by atoms with Gasteiger partial charge in [-0.2, -0.15) is 0 Å². The first-order valence-corrected chi connectivity index (χ1v) is 6.17. The van der Waals surface area contributed by atoms with E-state index in [0.717, 1.165) is 0 Å². The van der Waals surface area contributed by atoms with Crippen LogP contribution >= 0.6 is 0 Å². The topological polar surface area (TPSA) is 88.0 Å². The highest BCUT2D eigenvalue weighted by molar-refractivity contribution is 5.68. The van der Waals surface area contributed by atoms with Gasteiger partial charge in [-0.3, -0.25) is 0 Å². The largest absolute Gasteiger partial charge is 0.444 e. The van der Waals surface area contributed by atoms with Gasteiger partial charge in [0, 0.05) is 0 Å². The zero-order chi connectivity index (χ0) is 13.9. The van der Waals surface area contributed by atoms with Crippen molar-refractivity contribution in [1.82, 2.24) is 5.32 Å². The van der Waals surface area contributed by atoms with Crippen LogP contribution < -0.4 is 5.32 Å². The summed E-state index contributed by atoms with van der Waals surface area (Å²) in [5.74, 6) is 0. The lowest BCUT2D eigenvalue weighted by Crippen LogP contribution is -2.54. The lowest BCUT2D eigenvalue weighted by Gasteiger charge is -2.37. The summed E-state index contributed by atoms with van der Waals surface area (Å²) in [5.41, 5.74) is -0.560. The van der Waals surface area contributed by atoms with Gasteiger partial charge in [0.15, 0.2) is 0 Å². The number of carbonyl (C=O) groups is 1. The molecule has 18 heavy (non-hydrogen) atoms. The quantitative estimate of drug-likeness (QED) is 0.670. The van der Waals surface area contributed by atoms with Crippen molar-refractivity contribution < 1.29 is 24.5 Å². The second kappa shape index (κ2) is 5.86. The van der Waals surface area contributed by atoms with Gasteiger partial charge in [-0.1, -0.05) is 0 Å². The standard InChI is InChI=1S/C12H23NO5/c1-7-8(5-9(15)10(6-14)17-7)13-11(16)18-12(2,3)4/h7-10,14-15H,5-6H2,1-4H3,(H,13,16)/t7-,8-,9-,10+/m0/s1. The minimum atomic E-state index is -0.786. The highest BCUT2D eigenvalue weighted by Gasteiger charge is 2.35. The van der Waals surface area contributed by atoms with Crippen molar-refractivity contribution >= 4 is 6.09 Å². The molecule has 106 valence electrons. The molecule has 1 rings (SSSR count). The van der Waals surface area contributed by atoms with E-state index in [2.05, 4.69) is 5.32 Å². The van der Waals surface area contributed by atoms with E-state index in [-0.39, 0.29) is 18.8 Å². The van der Waals surface area contributed by atoms with Crippen LogP contribution in [-0.4, -0.2) is 52.9 Å². The molecule has 0 aromatic rings. The summed E-state index contributed by atoms with van der Waals surface area (Å²) in [6.45, 7) is 6.90. The molecule has 0 unspecified atom stereocenters. The van der Waals surface area contributed by atoms with E-state index in [1.807, 2.05) is 0 Å². The second-order valence-corrected chi connectivity index (χ2v) is 5.62. The van der Waals surface area contributed by atoms with Gasteiger partial charge in [-0.15, -0.1) is 0 Å². The molecule has 1 aliphatic heterocycles. The highest BCUT2D eigenvalue weighted by Crippen LogP contribution is 2.20. The second-order valence-electron chi connectivity index (χ2n) is 5.62. The zero-order valence-electron chi connectivity index (χ0n) is 11.3. The number of hydrogen-bond acceptors (Lipinski definition) is 5. The predicted octanol–water partition coefficient (Wildman–Crippen LogP) is 0.410. The summed E-state index contributed by atoms with van der Waals surface area (Å²) in [6, 6.07) is -0.322. The molecule has 4 atom stereocenters. The first-order chi connectivity index (χ1) is 8.23. The van der Waals surface area contributed by atoms with E-state index in [4.69, 9.17) is 14.6 Å². The third-order valence-electron chi connectivity index (χ3n) is 2.76. The van der Waals surface area contributed by atoms with Crippen LogP contribution in [0.5, 0.6) is 0 Å². The fourth-order valence-electron chi connectivity index (χ4n) is 1.86. The number of amides is 1. The SMILES string of the molecule is C[C@@H]1O[C@H](CO)[C@@H](O)C[C@@H]1NC(=O)OC(C)(C)C. The number of carbonyl (C=O) groups excluding carboxylic acids is 1. The number of rotatable bonds is 2. The van der Waals surface area contributed by atoms with Gasteiger partial charge in [-0.05, 0) is 34.1 Å². The first-order valence-electron chi connectivity index (χ1n) is 6.17. The Balaban J connectivity index is 2.50. The Morgan fingerprint density at radius 2 is 2.11 bits per heavy atom. The number of nitrogens with one attached hydrogen (secondary N) is 1. The average Bonchev–Trinajstić information content (AvgIpc) is 2.20. The van der Waals surface area contributed by atoms with Crippen molar-refractivity contribution in [2.45, 2.75) is 64.1 Å². The average molecular weight is 261 g/mol. The van der Waals surface area contributed by atoms with Crippen LogP contribution in [0.15, 0.2) is 0 Å². The Labute approximate surface area is 107 Å². The predicted molar refractivity (Wildman–Crippen MR) is 65.2 cm³/mol. The van der Waals surface area contributed by atoms with Gasteiger partial charge in [0.05, 0.1) is 24.9 Å². The van der Waals surface area contributed by atoms with Crippen molar-refractivity contribution in [1.29, 1.82) is 0 Å². The fourth-order valence-corrected chi connectivity index (χ4v) is 1.86. The molecule has 3 N–H and O–H groups in total. The lowest BCUT2D eigenvalue weighted by atomic mass is 9.97. The maximum atomic E-state index is 11.6. The smallest absolute Gasteiger partial charge is 0.407 e. The van der Waals surface area contributed by atoms with Crippen LogP contribution in [0.3, 0.4) is 0 Å². The van der Waals surface area contributed by atoms with Crippen molar-refractivity contribution in [3.05, 3.63) is 0 Å². The molecule has 0 spiro atoms. The first kappa shape index (κ1) is 15.2. The zero-order valence-corrected chi connectivity index (χ0v) is 11.3. The summed E-state index contributed by atoms with van der Waals surface area (Å²) in [7, 11) is 0. The Bertz CT molecular complexity index is 289. The molecule has 1 fully saturated rings. The monoisotopic (exact) mass is 261 g/mol. The molecule has 0 aliphatic carbocycles. The van der Waals surface area contributed by atoms with E-state index < -0.39 is 23.9 Å². The van der Waals surface area contributed by atoms with Crippen LogP contribution in [0.1, 0.15) is 34.1 Å². The number of aliphatic hydroxyl groups excluding tert-OH is 2. The number of alkyl carbamates (subject to hydrolysis) is 1. The summed E-state index contributed by atoms with van der Waals surface area (Å²) in [5, 5.41) is 21.4. The van der Waals surface area contributed by atoms with Crippen molar-refractivity contribution in [2.75, 3.05) is 6.61 Å². The molecule has 1 heterocycles. The highest BCUT2D eigenvalue weighted by atomic mass is 16.6. The van der Waals surface area contributed by atoms with Crippen LogP contribution in [0.4, 0.5) is 4.79 Å². The maximum absolute atomic E-state index is 11.6. The maximum Gasteiger partial charge on any atom is 0.407 e. The molecule has 0 aromatic carbocycles. The molecule has 0 radical (unpaired) electrons. The third kappa shape index (κ3) is 4.44. The van der Waals surface area contributed by atoms with Crippen LogP contribution in [0.2, 0.25) is 0 Å². The minimum Gasteiger partial charge on any atom is -0.444 e. The summed E-state index contributed by atoms with van der Waals surface area (Å²) in [4.78, 5) is 11.6. The summed E-state index contributed by atoms with van der Waals surface area (Å²) < 4.78 is 10.6. The molecule has 0 aromatic heterocycles. The van der Waals surface area contributed by atoms with Gasteiger partial charge < -0.3 is 25.0 Å². The molecule has 6 heteroatoms. The molecule has 1 amide bonds. The van der Waals surface area contributed by atoms with Crippen LogP contribution in [0, 0.1) is 0 Å². The molecule has 0 saturated carbocycles. The van der Waals surface area contributed by atoms with Crippen LogP contribution in [0.25, 0.3) is 0 Å². The van der Waals surface area contributed by atoms with E-state index in [0.29, 0.717) is 6.42 Å². The fraction of sp³-hybridized carbons (Fsp3) is 0.917. The molecule has 1 aliphatic rings. The van der Waals surface area contributed by atoms with Gasteiger partial charge in [-0.25, -0.2) is 4.79 Å². The van der Waals surface area contributed by atoms with Gasteiger partial charge >= 0.3 is 6.09 Å². The number of ether oxygens (including phenoxy) is 2. The van der Waals surface area contributed by atoms with Gasteiger partial charge in [0.2, 0.25) is 0 Å². The van der Waals surface area contributed by atoms with E-state index in [1.54, 1.807) is 27.7 Å². The summed E-state index contributed by atoms with van der Waals surface area (Å²) >= 11 is 0. The molecular weight excluding hydrogens is 238 g/mol. The van der Waals surface area contributed by atoms with E-state index in [1.165, 1.54) is 0 Å². The third-order valence-corrected chi connectivity index (χ3v) is 2.76. The van der Waals surface area contributed by atoms with Crippen molar-refractivity contribution in [3.8, 4) is 0 Å². The Kier molecular flexibility index (Phi) is 4.95. The summed E-state index contributed by atoms with van der Waals surface area (Å²) in [6.07, 6.45) is -1.84. The number of aliphatic hydroxyl groups is 2. The number of hydrogen-bond donors (Lipinski definition) is 3. The minimum absolute atomic E-state index is 0.231.